The third kappa shape index (κ3) is 2.97. The average molecular weight is 378 g/mol. The van der Waals surface area contributed by atoms with Crippen LogP contribution in [-0.2, 0) is 4.74 Å². The van der Waals surface area contributed by atoms with Gasteiger partial charge in [0.1, 0.15) is 40.9 Å². The van der Waals surface area contributed by atoms with Gasteiger partial charge in [0.2, 0.25) is 0 Å². The molecule has 1 fully saturated rings. The lowest BCUT2D eigenvalue weighted by molar-refractivity contribution is -0.252. The number of pyridine rings is 1. The Hall–Kier alpha value is -2.06. The molecular weight excluding hydrogens is 360 g/mol. The van der Waals surface area contributed by atoms with Gasteiger partial charge in [-0.15, -0.1) is 0 Å². The van der Waals surface area contributed by atoms with Crippen molar-refractivity contribution in [1.29, 1.82) is 5.26 Å². The van der Waals surface area contributed by atoms with Crippen LogP contribution in [0.1, 0.15) is 17.5 Å². The Morgan fingerprint density at radius 1 is 1.27 bits per heavy atom. The number of hydrogen-bond donors (Lipinski definition) is 4. The van der Waals surface area contributed by atoms with Gasteiger partial charge in [0.25, 0.3) is 0 Å². The number of ether oxygens (including phenoxy) is 1. The van der Waals surface area contributed by atoms with Crippen molar-refractivity contribution in [1.82, 2.24) is 4.57 Å². The number of aliphatic hydroxyl groups is 4. The first-order valence-electron chi connectivity index (χ1n) is 7.91. The van der Waals surface area contributed by atoms with Gasteiger partial charge in [-0.2, -0.15) is 5.26 Å². The quantitative estimate of drug-likeness (QED) is 0.572. The van der Waals surface area contributed by atoms with Gasteiger partial charge in [0, 0.05) is 11.3 Å². The van der Waals surface area contributed by atoms with E-state index in [-0.39, 0.29) is 10.2 Å². The predicted octanol–water partition coefficient (Wildman–Crippen LogP) is 0.630. The average Bonchev–Trinajstić information content (AvgIpc) is 3.15. The fraction of sp³-hybridized carbons (Fsp3) is 0.412. The van der Waals surface area contributed by atoms with Crippen molar-refractivity contribution in [3.63, 3.8) is 0 Å². The van der Waals surface area contributed by atoms with Gasteiger partial charge >= 0.3 is 0 Å². The van der Waals surface area contributed by atoms with E-state index >= 15 is 0 Å². The second kappa shape index (κ2) is 7.28. The van der Waals surface area contributed by atoms with Crippen LogP contribution in [0, 0.1) is 22.9 Å². The third-order valence-corrected chi connectivity index (χ3v) is 4.86. The molecule has 1 saturated heterocycles. The van der Waals surface area contributed by atoms with Crippen LogP contribution in [-0.4, -0.2) is 56.0 Å². The third-order valence-electron chi connectivity index (χ3n) is 4.46. The van der Waals surface area contributed by atoms with Crippen molar-refractivity contribution in [2.45, 2.75) is 37.6 Å². The topological polar surface area (TPSA) is 132 Å². The standard InChI is InChI=1S/C17H18N2O6S/c1-8-5-9(11-3-2-4-24-11)10(6-18)17(26)19(8)16-15(23)14(22)13(21)12(7-20)25-16/h2-5,12-16,20-23H,7H2,1H3/t12-,13-,14+,15-,16-/m1/s1. The fourth-order valence-electron chi connectivity index (χ4n) is 3.09. The summed E-state index contributed by atoms with van der Waals surface area (Å²) in [6.07, 6.45) is -5.28. The van der Waals surface area contributed by atoms with Crippen molar-refractivity contribution < 1.29 is 29.6 Å². The van der Waals surface area contributed by atoms with Gasteiger partial charge in [0.05, 0.1) is 18.4 Å². The summed E-state index contributed by atoms with van der Waals surface area (Å²) < 4.78 is 12.4. The lowest BCUT2D eigenvalue weighted by atomic mass is 9.97. The summed E-state index contributed by atoms with van der Waals surface area (Å²) in [4.78, 5) is 0. The van der Waals surface area contributed by atoms with Crippen molar-refractivity contribution in [3.05, 3.63) is 40.4 Å². The first-order valence-corrected chi connectivity index (χ1v) is 8.32. The van der Waals surface area contributed by atoms with Crippen molar-refractivity contribution >= 4 is 12.2 Å². The van der Waals surface area contributed by atoms with Gasteiger partial charge in [-0.05, 0) is 25.1 Å². The molecule has 3 heterocycles. The molecule has 0 saturated carbocycles. The Kier molecular flexibility index (Phi) is 5.24. The minimum atomic E-state index is -1.54. The number of nitrogens with zero attached hydrogens (tertiary/aromatic N) is 2. The molecule has 9 heteroatoms. The van der Waals surface area contributed by atoms with E-state index in [1.54, 1.807) is 25.1 Å². The number of rotatable bonds is 3. The zero-order chi connectivity index (χ0) is 19.0. The van der Waals surface area contributed by atoms with E-state index in [1.807, 2.05) is 6.07 Å². The molecule has 0 radical (unpaired) electrons. The van der Waals surface area contributed by atoms with Crippen LogP contribution in [0.3, 0.4) is 0 Å². The highest BCUT2D eigenvalue weighted by Gasteiger charge is 2.44. The Morgan fingerprint density at radius 2 is 2.00 bits per heavy atom. The normalized spacial score (nSPS) is 28.7. The van der Waals surface area contributed by atoms with Gasteiger partial charge < -0.3 is 34.1 Å². The Balaban J connectivity index is 2.14. The molecule has 0 spiro atoms. The molecule has 138 valence electrons. The summed E-state index contributed by atoms with van der Waals surface area (Å²) in [5.41, 5.74) is 1.20. The maximum absolute atomic E-state index is 10.4. The number of aromatic nitrogens is 1. The summed E-state index contributed by atoms with van der Waals surface area (Å²) in [6, 6.07) is 7.08. The number of aliphatic hydroxyl groups excluding tert-OH is 4. The first kappa shape index (κ1) is 18.7. The fourth-order valence-corrected chi connectivity index (χ4v) is 3.50. The molecule has 5 atom stereocenters. The Bertz CT molecular complexity index is 886. The number of furan rings is 1. The maximum atomic E-state index is 10.4. The lowest BCUT2D eigenvalue weighted by Crippen LogP contribution is -2.56. The van der Waals surface area contributed by atoms with Crippen LogP contribution in [0.2, 0.25) is 0 Å². The lowest BCUT2D eigenvalue weighted by Gasteiger charge is -2.41. The molecule has 0 amide bonds. The minimum Gasteiger partial charge on any atom is -0.464 e. The zero-order valence-electron chi connectivity index (χ0n) is 13.8. The molecular formula is C17H18N2O6S. The van der Waals surface area contributed by atoms with Gasteiger partial charge in [0.15, 0.2) is 6.23 Å². The molecule has 4 N–H and O–H groups in total. The van der Waals surface area contributed by atoms with Crippen molar-refractivity contribution in [2.75, 3.05) is 6.61 Å². The minimum absolute atomic E-state index is 0.0863. The van der Waals surface area contributed by atoms with E-state index < -0.39 is 37.3 Å². The van der Waals surface area contributed by atoms with Crippen LogP contribution in [0.5, 0.6) is 0 Å². The molecule has 0 unspecified atom stereocenters. The number of aryl methyl sites for hydroxylation is 1. The second-order valence-electron chi connectivity index (χ2n) is 6.06. The molecule has 3 rings (SSSR count). The highest BCUT2D eigenvalue weighted by molar-refractivity contribution is 7.71. The molecule has 0 aromatic carbocycles. The van der Waals surface area contributed by atoms with E-state index in [0.29, 0.717) is 17.0 Å². The Labute approximate surface area is 154 Å². The largest absolute Gasteiger partial charge is 0.464 e. The highest BCUT2D eigenvalue weighted by Crippen LogP contribution is 2.33. The molecule has 0 aliphatic carbocycles. The molecule has 26 heavy (non-hydrogen) atoms. The highest BCUT2D eigenvalue weighted by atomic mass is 32.1. The van der Waals surface area contributed by atoms with Crippen molar-refractivity contribution in [2.24, 2.45) is 0 Å². The second-order valence-corrected chi connectivity index (χ2v) is 6.44. The molecule has 2 aromatic heterocycles. The first-order chi connectivity index (χ1) is 12.4. The van der Waals surface area contributed by atoms with E-state index in [2.05, 4.69) is 0 Å². The van der Waals surface area contributed by atoms with E-state index in [4.69, 9.17) is 21.4 Å². The number of nitriles is 1. The van der Waals surface area contributed by atoms with E-state index in [9.17, 15) is 25.7 Å². The monoisotopic (exact) mass is 378 g/mol. The SMILES string of the molecule is Cc1cc(-c2ccco2)c(C#N)c(=S)n1[C@@H]1O[C@H](CO)[C@@H](O)[C@H](O)[C@H]1O. The molecule has 1 aliphatic heterocycles. The van der Waals surface area contributed by atoms with Crippen molar-refractivity contribution in [3.8, 4) is 17.4 Å². The van der Waals surface area contributed by atoms with E-state index in [0.717, 1.165) is 0 Å². The smallest absolute Gasteiger partial charge is 0.164 e. The van der Waals surface area contributed by atoms with Crippen LogP contribution in [0.25, 0.3) is 11.3 Å². The molecule has 8 nitrogen and oxygen atoms in total. The van der Waals surface area contributed by atoms with Crippen LogP contribution < -0.4 is 0 Å². The van der Waals surface area contributed by atoms with Gasteiger partial charge in [-0.25, -0.2) is 0 Å². The predicted molar refractivity (Wildman–Crippen MR) is 91.4 cm³/mol. The van der Waals surface area contributed by atoms with Crippen LogP contribution in [0.15, 0.2) is 28.9 Å². The van der Waals surface area contributed by atoms with Crippen LogP contribution in [0.4, 0.5) is 0 Å². The summed E-state index contributed by atoms with van der Waals surface area (Å²) in [5.74, 6) is 0.469. The molecule has 1 aliphatic rings. The summed E-state index contributed by atoms with van der Waals surface area (Å²) >= 11 is 5.42. The summed E-state index contributed by atoms with van der Waals surface area (Å²) in [7, 11) is 0. The van der Waals surface area contributed by atoms with Gasteiger partial charge in [-0.3, -0.25) is 0 Å². The van der Waals surface area contributed by atoms with Gasteiger partial charge in [-0.1, -0.05) is 12.2 Å². The number of hydrogen-bond acceptors (Lipinski definition) is 8. The Morgan fingerprint density at radius 3 is 2.58 bits per heavy atom. The zero-order valence-corrected chi connectivity index (χ0v) is 14.6. The molecule has 0 bridgehead atoms. The summed E-state index contributed by atoms with van der Waals surface area (Å²) in [5, 5.41) is 49.2. The van der Waals surface area contributed by atoms with Crippen LogP contribution >= 0.6 is 12.2 Å². The maximum Gasteiger partial charge on any atom is 0.164 e. The molecule has 2 aromatic rings. The summed E-state index contributed by atoms with van der Waals surface area (Å²) in [6.45, 7) is 1.15. The van der Waals surface area contributed by atoms with E-state index in [1.165, 1.54) is 10.8 Å².